The van der Waals surface area contributed by atoms with Crippen LogP contribution in [-0.2, 0) is 9.68 Å². The average molecular weight is 231 g/mol. The van der Waals surface area contributed by atoms with Crippen LogP contribution in [0.15, 0.2) is 18.2 Å². The summed E-state index contributed by atoms with van der Waals surface area (Å²) in [4.78, 5) is 29.9. The minimum Gasteiger partial charge on any atom is -0.478 e. The summed E-state index contributed by atoms with van der Waals surface area (Å²) >= 11 is 5.60. The lowest BCUT2D eigenvalue weighted by Crippen LogP contribution is -2.07. The molecule has 0 saturated heterocycles. The number of rotatable bonds is 3. The number of carboxylic acid groups (broad SMARTS) is 1. The SMILES string of the molecule is CC(=O)OOc1ccc(Cl)cc1C(=O)O. The van der Waals surface area contributed by atoms with Crippen molar-refractivity contribution < 1.29 is 24.5 Å². The molecule has 0 radical (unpaired) electrons. The molecule has 0 fully saturated rings. The Hall–Kier alpha value is -1.75. The minimum absolute atomic E-state index is 0.0814. The first-order valence-electron chi connectivity index (χ1n) is 3.88. The van der Waals surface area contributed by atoms with Gasteiger partial charge in [0.1, 0.15) is 5.56 Å². The summed E-state index contributed by atoms with van der Waals surface area (Å²) in [6.07, 6.45) is 0. The van der Waals surface area contributed by atoms with E-state index in [1.54, 1.807) is 0 Å². The van der Waals surface area contributed by atoms with Crippen molar-refractivity contribution >= 4 is 23.5 Å². The van der Waals surface area contributed by atoms with Crippen molar-refractivity contribution in [2.45, 2.75) is 6.92 Å². The van der Waals surface area contributed by atoms with E-state index in [9.17, 15) is 9.59 Å². The first kappa shape index (κ1) is 11.3. The molecule has 0 spiro atoms. The third-order valence-corrected chi connectivity index (χ3v) is 1.66. The average Bonchev–Trinajstić information content (AvgIpc) is 2.15. The maximum absolute atomic E-state index is 10.7. The fraction of sp³-hybridized carbons (Fsp3) is 0.111. The van der Waals surface area contributed by atoms with Gasteiger partial charge < -0.3 is 5.11 Å². The largest absolute Gasteiger partial charge is 0.478 e. The fourth-order valence-corrected chi connectivity index (χ4v) is 1.02. The van der Waals surface area contributed by atoms with Crippen LogP contribution in [0.2, 0.25) is 5.02 Å². The molecule has 0 amide bonds. The smallest absolute Gasteiger partial charge is 0.352 e. The van der Waals surface area contributed by atoms with Crippen LogP contribution in [0.5, 0.6) is 5.75 Å². The highest BCUT2D eigenvalue weighted by molar-refractivity contribution is 6.31. The molecule has 0 aliphatic heterocycles. The molecule has 1 N–H and O–H groups in total. The lowest BCUT2D eigenvalue weighted by atomic mass is 10.2. The van der Waals surface area contributed by atoms with Gasteiger partial charge in [0.05, 0.1) is 0 Å². The third-order valence-electron chi connectivity index (χ3n) is 1.42. The normalized spacial score (nSPS) is 9.47. The van der Waals surface area contributed by atoms with E-state index >= 15 is 0 Å². The van der Waals surface area contributed by atoms with Crippen LogP contribution < -0.4 is 4.89 Å². The van der Waals surface area contributed by atoms with Gasteiger partial charge in [0.2, 0.25) is 0 Å². The summed E-state index contributed by atoms with van der Waals surface area (Å²) in [5.41, 5.74) is -0.177. The summed E-state index contributed by atoms with van der Waals surface area (Å²) in [5, 5.41) is 9.03. The zero-order chi connectivity index (χ0) is 11.4. The molecule has 5 nitrogen and oxygen atoms in total. The number of halogens is 1. The molecule has 0 aliphatic rings. The second-order valence-electron chi connectivity index (χ2n) is 2.60. The molecule has 15 heavy (non-hydrogen) atoms. The van der Waals surface area contributed by atoms with Crippen LogP contribution in [-0.4, -0.2) is 17.0 Å². The monoisotopic (exact) mass is 230 g/mol. The Morgan fingerprint density at radius 2 is 2.07 bits per heavy atom. The topological polar surface area (TPSA) is 72.8 Å². The number of hydrogen-bond acceptors (Lipinski definition) is 4. The molecule has 0 aliphatic carbocycles. The van der Waals surface area contributed by atoms with Gasteiger partial charge in [-0.2, -0.15) is 0 Å². The zero-order valence-electron chi connectivity index (χ0n) is 7.69. The standard InChI is InChI=1S/C9H7ClO5/c1-5(11)14-15-8-3-2-6(10)4-7(8)9(12)13/h2-4H,1H3,(H,12,13). The summed E-state index contributed by atoms with van der Waals surface area (Å²) in [5.74, 6) is -1.98. The van der Waals surface area contributed by atoms with Crippen LogP contribution >= 0.6 is 11.6 Å². The summed E-state index contributed by atoms with van der Waals surface area (Å²) in [6.45, 7) is 1.14. The van der Waals surface area contributed by atoms with Gasteiger partial charge in [-0.25, -0.2) is 9.59 Å². The molecule has 0 unspecified atom stereocenters. The highest BCUT2D eigenvalue weighted by atomic mass is 35.5. The number of benzene rings is 1. The molecular formula is C9H7ClO5. The van der Waals surface area contributed by atoms with E-state index in [2.05, 4.69) is 9.78 Å². The Kier molecular flexibility index (Phi) is 3.51. The summed E-state index contributed by atoms with van der Waals surface area (Å²) in [6, 6.07) is 3.92. The Balaban J connectivity index is 2.95. The van der Waals surface area contributed by atoms with Gasteiger partial charge in [0, 0.05) is 11.9 Å². The quantitative estimate of drug-likeness (QED) is 0.634. The van der Waals surface area contributed by atoms with Crippen LogP contribution in [0.25, 0.3) is 0 Å². The Labute approximate surface area is 90.1 Å². The van der Waals surface area contributed by atoms with Crippen molar-refractivity contribution in [1.29, 1.82) is 0 Å². The van der Waals surface area contributed by atoms with E-state index in [4.69, 9.17) is 16.7 Å². The summed E-state index contributed by atoms with van der Waals surface area (Å²) in [7, 11) is 0. The number of carbonyl (C=O) groups excluding carboxylic acids is 1. The second-order valence-corrected chi connectivity index (χ2v) is 3.04. The number of hydrogen-bond donors (Lipinski definition) is 1. The molecule has 6 heteroatoms. The highest BCUT2D eigenvalue weighted by Gasteiger charge is 2.13. The molecular weight excluding hydrogens is 224 g/mol. The van der Waals surface area contributed by atoms with Gasteiger partial charge in [-0.05, 0) is 18.2 Å². The van der Waals surface area contributed by atoms with Gasteiger partial charge in [0.25, 0.3) is 0 Å². The van der Waals surface area contributed by atoms with Crippen molar-refractivity contribution in [1.82, 2.24) is 0 Å². The van der Waals surface area contributed by atoms with Crippen molar-refractivity contribution in [3.05, 3.63) is 28.8 Å². The summed E-state index contributed by atoms with van der Waals surface area (Å²) < 4.78 is 0. The van der Waals surface area contributed by atoms with Crippen molar-refractivity contribution in [2.75, 3.05) is 0 Å². The van der Waals surface area contributed by atoms with E-state index in [0.29, 0.717) is 0 Å². The van der Waals surface area contributed by atoms with Gasteiger partial charge >= 0.3 is 11.9 Å². The molecule has 1 aromatic rings. The van der Waals surface area contributed by atoms with Crippen LogP contribution in [0.1, 0.15) is 17.3 Å². The minimum atomic E-state index is -1.22. The predicted molar refractivity (Wildman–Crippen MR) is 50.8 cm³/mol. The van der Waals surface area contributed by atoms with Crippen LogP contribution in [0.3, 0.4) is 0 Å². The molecule has 0 heterocycles. The van der Waals surface area contributed by atoms with E-state index in [0.717, 1.165) is 6.92 Å². The molecule has 0 saturated carbocycles. The number of aromatic carboxylic acids is 1. The number of carbonyl (C=O) groups is 2. The third kappa shape index (κ3) is 3.14. The Morgan fingerprint density at radius 3 is 2.60 bits per heavy atom. The van der Waals surface area contributed by atoms with Crippen molar-refractivity contribution in [3.8, 4) is 5.75 Å². The highest BCUT2D eigenvalue weighted by Crippen LogP contribution is 2.23. The maximum atomic E-state index is 10.7. The van der Waals surface area contributed by atoms with Crippen molar-refractivity contribution in [2.24, 2.45) is 0 Å². The number of carboxylic acids is 1. The Bertz CT molecular complexity index is 401. The maximum Gasteiger partial charge on any atom is 0.352 e. The lowest BCUT2D eigenvalue weighted by molar-refractivity contribution is -0.211. The van der Waals surface area contributed by atoms with Gasteiger partial charge in [-0.3, -0.25) is 9.78 Å². The van der Waals surface area contributed by atoms with Crippen molar-refractivity contribution in [3.63, 3.8) is 0 Å². The lowest BCUT2D eigenvalue weighted by Gasteiger charge is -2.05. The van der Waals surface area contributed by atoms with Gasteiger partial charge in [0.15, 0.2) is 5.75 Å². The zero-order valence-corrected chi connectivity index (χ0v) is 8.45. The molecule has 0 bridgehead atoms. The second kappa shape index (κ2) is 4.65. The molecule has 80 valence electrons. The van der Waals surface area contributed by atoms with E-state index < -0.39 is 11.9 Å². The van der Waals surface area contributed by atoms with Crippen LogP contribution in [0.4, 0.5) is 0 Å². The van der Waals surface area contributed by atoms with E-state index in [1.165, 1.54) is 18.2 Å². The first-order chi connectivity index (χ1) is 7.00. The molecule has 1 rings (SSSR count). The van der Waals surface area contributed by atoms with E-state index in [-0.39, 0.29) is 16.3 Å². The Morgan fingerprint density at radius 1 is 1.40 bits per heavy atom. The first-order valence-corrected chi connectivity index (χ1v) is 4.26. The van der Waals surface area contributed by atoms with E-state index in [1.807, 2.05) is 0 Å². The fourth-order valence-electron chi connectivity index (χ4n) is 0.846. The van der Waals surface area contributed by atoms with Crippen LogP contribution in [0, 0.1) is 0 Å². The predicted octanol–water partition coefficient (Wildman–Crippen LogP) is 1.90. The molecule has 0 atom stereocenters. The molecule has 0 aromatic heterocycles. The van der Waals surface area contributed by atoms with Gasteiger partial charge in [-0.15, -0.1) is 0 Å². The van der Waals surface area contributed by atoms with Gasteiger partial charge in [-0.1, -0.05) is 11.6 Å². The molecule has 1 aromatic carbocycles.